The van der Waals surface area contributed by atoms with Gasteiger partial charge in [-0.15, -0.1) is 0 Å². The van der Waals surface area contributed by atoms with E-state index < -0.39 is 22.9 Å². The highest BCUT2D eigenvalue weighted by Crippen LogP contribution is 2.48. The summed E-state index contributed by atoms with van der Waals surface area (Å²) in [6.45, 7) is 0. The van der Waals surface area contributed by atoms with Crippen LogP contribution in [0.5, 0.6) is 5.75 Å². The van der Waals surface area contributed by atoms with Gasteiger partial charge in [-0.05, 0) is 18.9 Å². The first-order chi connectivity index (χ1) is 8.52. The Morgan fingerprint density at radius 1 is 1.39 bits per heavy atom. The van der Waals surface area contributed by atoms with E-state index in [1.54, 1.807) is 0 Å². The Hall–Kier alpha value is -1.45. The molecule has 3 nitrogen and oxygen atoms in total. The van der Waals surface area contributed by atoms with Crippen LogP contribution in [0.3, 0.4) is 0 Å². The average Bonchev–Trinajstić information content (AvgIpc) is 2.77. The van der Waals surface area contributed by atoms with Gasteiger partial charge in [-0.2, -0.15) is 4.99 Å². The maximum Gasteiger partial charge on any atom is 0.235 e. The first-order valence-electron chi connectivity index (χ1n) is 5.48. The molecule has 18 heavy (non-hydrogen) atoms. The monoisotopic (exact) mass is 273 g/mol. The Bertz CT molecular complexity index is 509. The maximum absolute atomic E-state index is 13.9. The zero-order valence-corrected chi connectivity index (χ0v) is 10.1. The molecule has 0 heterocycles. The molecule has 0 aliphatic heterocycles. The van der Waals surface area contributed by atoms with Gasteiger partial charge in [-0.25, -0.2) is 13.6 Å². The molecule has 1 N–H and O–H groups in total. The third kappa shape index (κ3) is 1.89. The highest BCUT2D eigenvalue weighted by Gasteiger charge is 2.41. The molecule has 0 bridgehead atoms. The number of hydrogen-bond acceptors (Lipinski definition) is 3. The summed E-state index contributed by atoms with van der Waals surface area (Å²) >= 11 is 5.63. The lowest BCUT2D eigenvalue weighted by Gasteiger charge is -2.24. The zero-order chi connectivity index (χ0) is 13.3. The van der Waals surface area contributed by atoms with Crippen molar-refractivity contribution in [2.24, 2.45) is 4.99 Å². The van der Waals surface area contributed by atoms with Gasteiger partial charge in [-0.1, -0.05) is 24.4 Å². The molecular formula is C12H10ClF2NO2. The fourth-order valence-electron chi connectivity index (χ4n) is 2.48. The number of carbonyl (C=O) groups excluding carboxylic acids is 1. The second-order valence-electron chi connectivity index (χ2n) is 4.32. The number of benzene rings is 1. The summed E-state index contributed by atoms with van der Waals surface area (Å²) < 4.78 is 27.3. The lowest BCUT2D eigenvalue weighted by Crippen LogP contribution is -2.21. The van der Waals surface area contributed by atoms with Crippen LogP contribution in [-0.2, 0) is 10.3 Å². The summed E-state index contributed by atoms with van der Waals surface area (Å²) in [5, 5.41) is 9.53. The lowest BCUT2D eigenvalue weighted by atomic mass is 9.87. The number of aromatic hydroxyl groups is 1. The topological polar surface area (TPSA) is 49.7 Å². The smallest absolute Gasteiger partial charge is 0.235 e. The van der Waals surface area contributed by atoms with Crippen LogP contribution < -0.4 is 0 Å². The predicted molar refractivity (Wildman–Crippen MR) is 61.3 cm³/mol. The molecular weight excluding hydrogens is 264 g/mol. The van der Waals surface area contributed by atoms with Crippen LogP contribution >= 0.6 is 11.6 Å². The molecule has 6 heteroatoms. The number of isocyanates is 1. The minimum atomic E-state index is -1.25. The number of phenolic OH excluding ortho intramolecular Hbond substituents is 1. The zero-order valence-electron chi connectivity index (χ0n) is 9.34. The molecule has 1 aliphatic carbocycles. The van der Waals surface area contributed by atoms with Crippen LogP contribution in [0.1, 0.15) is 31.2 Å². The van der Waals surface area contributed by atoms with Crippen molar-refractivity contribution in [3.63, 3.8) is 0 Å². The Balaban J connectivity index is 2.72. The van der Waals surface area contributed by atoms with Crippen LogP contribution in [0.4, 0.5) is 8.78 Å². The van der Waals surface area contributed by atoms with Gasteiger partial charge in [0.25, 0.3) is 0 Å². The summed E-state index contributed by atoms with van der Waals surface area (Å²) in [5.74, 6) is -2.94. The van der Waals surface area contributed by atoms with Gasteiger partial charge < -0.3 is 5.11 Å². The standard InChI is InChI=1S/C12H10ClF2NO2/c13-7-5-8(14)10(15)9(11(7)18)12(16-6-17)3-1-2-4-12/h5,18H,1-4H2. The van der Waals surface area contributed by atoms with Crippen molar-refractivity contribution >= 4 is 17.7 Å². The highest BCUT2D eigenvalue weighted by molar-refractivity contribution is 6.32. The number of nitrogens with zero attached hydrogens (tertiary/aromatic N) is 1. The molecule has 1 aromatic carbocycles. The van der Waals surface area contributed by atoms with Crippen LogP contribution in [0, 0.1) is 11.6 Å². The van der Waals surface area contributed by atoms with Crippen molar-refractivity contribution in [1.29, 1.82) is 0 Å². The molecule has 0 spiro atoms. The second kappa shape index (κ2) is 4.67. The van der Waals surface area contributed by atoms with E-state index in [0.717, 1.165) is 0 Å². The van der Waals surface area contributed by atoms with Crippen LogP contribution in [0.25, 0.3) is 0 Å². The van der Waals surface area contributed by atoms with Gasteiger partial charge in [0.05, 0.1) is 10.6 Å². The Kier molecular flexibility index (Phi) is 3.37. The second-order valence-corrected chi connectivity index (χ2v) is 4.73. The van der Waals surface area contributed by atoms with Gasteiger partial charge in [0, 0.05) is 0 Å². The summed E-state index contributed by atoms with van der Waals surface area (Å²) in [5.41, 5.74) is -1.59. The lowest BCUT2D eigenvalue weighted by molar-refractivity contribution is 0.375. The minimum Gasteiger partial charge on any atom is -0.506 e. The Morgan fingerprint density at radius 3 is 2.56 bits per heavy atom. The van der Waals surface area contributed by atoms with Gasteiger partial charge in [-0.3, -0.25) is 0 Å². The predicted octanol–water partition coefficient (Wildman–Crippen LogP) is 3.43. The van der Waals surface area contributed by atoms with E-state index in [9.17, 15) is 18.7 Å². The largest absolute Gasteiger partial charge is 0.506 e. The minimum absolute atomic E-state index is 0.295. The molecule has 0 amide bonds. The quantitative estimate of drug-likeness (QED) is 0.510. The molecule has 96 valence electrons. The van der Waals surface area contributed by atoms with Gasteiger partial charge >= 0.3 is 0 Å². The molecule has 0 aromatic heterocycles. The normalized spacial score (nSPS) is 17.5. The molecule has 1 saturated carbocycles. The van der Waals surface area contributed by atoms with E-state index in [2.05, 4.69) is 4.99 Å². The molecule has 0 atom stereocenters. The number of halogens is 3. The Morgan fingerprint density at radius 2 is 2.00 bits per heavy atom. The molecule has 1 fully saturated rings. The van der Waals surface area contributed by atoms with Gasteiger partial charge in [0.1, 0.15) is 11.3 Å². The molecule has 0 radical (unpaired) electrons. The molecule has 0 saturated heterocycles. The number of phenols is 1. The summed E-state index contributed by atoms with van der Waals surface area (Å²) in [6, 6.07) is 0.697. The van der Waals surface area contributed by atoms with Crippen molar-refractivity contribution < 1.29 is 18.7 Å². The van der Waals surface area contributed by atoms with E-state index >= 15 is 0 Å². The number of rotatable bonds is 2. The number of aliphatic imine (C=N–C) groups is 1. The van der Waals surface area contributed by atoms with E-state index in [1.165, 1.54) is 6.08 Å². The highest BCUT2D eigenvalue weighted by atomic mass is 35.5. The average molecular weight is 274 g/mol. The van der Waals surface area contributed by atoms with E-state index in [-0.39, 0.29) is 10.6 Å². The van der Waals surface area contributed by atoms with E-state index in [1.807, 2.05) is 0 Å². The van der Waals surface area contributed by atoms with Gasteiger partial charge in [0.15, 0.2) is 11.6 Å². The SMILES string of the molecule is O=C=NC1(c2c(O)c(Cl)cc(F)c2F)CCCC1. The Labute approximate surface area is 107 Å². The first-order valence-corrected chi connectivity index (χ1v) is 5.85. The van der Waals surface area contributed by atoms with Crippen molar-refractivity contribution in [3.8, 4) is 5.75 Å². The molecule has 1 aliphatic rings. The van der Waals surface area contributed by atoms with Crippen molar-refractivity contribution in [1.82, 2.24) is 0 Å². The fraction of sp³-hybridized carbons (Fsp3) is 0.417. The van der Waals surface area contributed by atoms with Crippen LogP contribution in [0.15, 0.2) is 11.1 Å². The third-order valence-electron chi connectivity index (χ3n) is 3.30. The summed E-state index contributed by atoms with van der Waals surface area (Å²) in [6.07, 6.45) is 3.49. The van der Waals surface area contributed by atoms with E-state index in [4.69, 9.17) is 11.6 Å². The van der Waals surface area contributed by atoms with Crippen LogP contribution in [0.2, 0.25) is 5.02 Å². The molecule has 0 unspecified atom stereocenters. The fourth-order valence-corrected chi connectivity index (χ4v) is 2.67. The molecule has 1 aromatic rings. The van der Waals surface area contributed by atoms with Crippen molar-refractivity contribution in [2.45, 2.75) is 31.2 Å². The third-order valence-corrected chi connectivity index (χ3v) is 3.59. The summed E-state index contributed by atoms with van der Waals surface area (Å²) in [7, 11) is 0. The van der Waals surface area contributed by atoms with E-state index in [0.29, 0.717) is 31.7 Å². The van der Waals surface area contributed by atoms with Crippen molar-refractivity contribution in [2.75, 3.05) is 0 Å². The summed E-state index contributed by atoms with van der Waals surface area (Å²) in [4.78, 5) is 14.1. The van der Waals surface area contributed by atoms with Crippen LogP contribution in [-0.4, -0.2) is 11.2 Å². The maximum atomic E-state index is 13.9. The molecule has 2 rings (SSSR count). The van der Waals surface area contributed by atoms with Gasteiger partial charge in [0.2, 0.25) is 6.08 Å². The first kappa shape index (κ1) is 13.0. The number of hydrogen-bond donors (Lipinski definition) is 1. The van der Waals surface area contributed by atoms with Crippen molar-refractivity contribution in [3.05, 3.63) is 28.3 Å².